The third-order valence-electron chi connectivity index (χ3n) is 3.80. The van der Waals surface area contributed by atoms with Gasteiger partial charge in [-0.2, -0.15) is 13.2 Å². The molecule has 1 saturated carbocycles. The molecule has 1 aromatic rings. The third kappa shape index (κ3) is 2.64. The topological polar surface area (TPSA) is 0 Å². The van der Waals surface area contributed by atoms with Gasteiger partial charge in [-0.1, -0.05) is 32.0 Å². The summed E-state index contributed by atoms with van der Waals surface area (Å²) < 4.78 is 37.7. The molecule has 94 valence electrons. The van der Waals surface area contributed by atoms with Crippen molar-refractivity contribution in [1.82, 2.24) is 0 Å². The summed E-state index contributed by atoms with van der Waals surface area (Å²) in [6, 6.07) is 5.78. The van der Waals surface area contributed by atoms with E-state index in [0.717, 1.165) is 24.5 Å². The molecule has 0 N–H and O–H groups in total. The van der Waals surface area contributed by atoms with Crippen LogP contribution in [0.4, 0.5) is 13.2 Å². The van der Waals surface area contributed by atoms with Crippen LogP contribution in [0.3, 0.4) is 0 Å². The van der Waals surface area contributed by atoms with E-state index in [2.05, 4.69) is 13.8 Å². The van der Waals surface area contributed by atoms with E-state index < -0.39 is 11.7 Å². The molecule has 17 heavy (non-hydrogen) atoms. The maximum atomic E-state index is 12.6. The number of alkyl halides is 3. The average Bonchev–Trinajstić information content (AvgIpc) is 2.13. The van der Waals surface area contributed by atoms with Crippen LogP contribution in [0.2, 0.25) is 0 Å². The van der Waals surface area contributed by atoms with Gasteiger partial charge in [0.25, 0.3) is 0 Å². The first-order chi connectivity index (χ1) is 7.88. The van der Waals surface area contributed by atoms with Crippen molar-refractivity contribution in [3.05, 3.63) is 35.4 Å². The van der Waals surface area contributed by atoms with E-state index in [4.69, 9.17) is 0 Å². The monoisotopic (exact) mass is 242 g/mol. The molecule has 1 aromatic carbocycles. The lowest BCUT2D eigenvalue weighted by molar-refractivity contribution is -0.137. The summed E-state index contributed by atoms with van der Waals surface area (Å²) in [5, 5.41) is 0. The predicted molar refractivity (Wildman–Crippen MR) is 61.7 cm³/mol. The Labute approximate surface area is 99.8 Å². The van der Waals surface area contributed by atoms with Gasteiger partial charge in [0.05, 0.1) is 5.56 Å². The van der Waals surface area contributed by atoms with Crippen molar-refractivity contribution in [2.45, 2.75) is 38.8 Å². The smallest absolute Gasteiger partial charge is 0.166 e. The van der Waals surface area contributed by atoms with Crippen LogP contribution in [-0.4, -0.2) is 0 Å². The van der Waals surface area contributed by atoms with Crippen LogP contribution in [-0.2, 0) is 6.18 Å². The molecular weight excluding hydrogens is 225 g/mol. The number of benzene rings is 1. The Balaban J connectivity index is 2.09. The second-order valence-electron chi connectivity index (χ2n) is 5.30. The van der Waals surface area contributed by atoms with E-state index in [9.17, 15) is 13.2 Å². The molecule has 0 bridgehead atoms. The fraction of sp³-hybridized carbons (Fsp3) is 0.571. The van der Waals surface area contributed by atoms with Gasteiger partial charge < -0.3 is 0 Å². The van der Waals surface area contributed by atoms with Gasteiger partial charge in [0.1, 0.15) is 0 Å². The lowest BCUT2D eigenvalue weighted by Gasteiger charge is -2.38. The second-order valence-corrected chi connectivity index (χ2v) is 5.30. The molecule has 0 unspecified atom stereocenters. The molecule has 0 atom stereocenters. The van der Waals surface area contributed by atoms with Crippen molar-refractivity contribution in [2.24, 2.45) is 11.8 Å². The Morgan fingerprint density at radius 1 is 1.18 bits per heavy atom. The lowest BCUT2D eigenvalue weighted by Crippen LogP contribution is -2.26. The zero-order valence-electron chi connectivity index (χ0n) is 10.1. The fourth-order valence-electron chi connectivity index (χ4n) is 2.45. The number of halogens is 3. The quantitative estimate of drug-likeness (QED) is 0.695. The van der Waals surface area contributed by atoms with Crippen LogP contribution in [0, 0.1) is 11.8 Å². The summed E-state index contributed by atoms with van der Waals surface area (Å²) in [7, 11) is 0. The molecule has 0 heterocycles. The van der Waals surface area contributed by atoms with Crippen molar-refractivity contribution < 1.29 is 13.2 Å². The number of hydrogen-bond acceptors (Lipinski definition) is 0. The first-order valence-electron chi connectivity index (χ1n) is 6.05. The molecule has 0 aromatic heterocycles. The van der Waals surface area contributed by atoms with Gasteiger partial charge in [-0.3, -0.25) is 0 Å². The van der Waals surface area contributed by atoms with E-state index in [0.29, 0.717) is 17.8 Å². The van der Waals surface area contributed by atoms with Crippen molar-refractivity contribution in [3.63, 3.8) is 0 Å². The van der Waals surface area contributed by atoms with Crippen molar-refractivity contribution >= 4 is 0 Å². The van der Waals surface area contributed by atoms with E-state index in [1.807, 2.05) is 6.07 Å². The van der Waals surface area contributed by atoms with E-state index >= 15 is 0 Å². The van der Waals surface area contributed by atoms with E-state index in [1.54, 1.807) is 0 Å². The molecule has 0 nitrogen and oxygen atoms in total. The molecule has 0 radical (unpaired) electrons. The lowest BCUT2D eigenvalue weighted by atomic mass is 9.67. The molecule has 0 spiro atoms. The molecule has 2 rings (SSSR count). The third-order valence-corrected chi connectivity index (χ3v) is 3.80. The Morgan fingerprint density at radius 3 is 2.35 bits per heavy atom. The molecule has 1 aliphatic rings. The molecule has 1 fully saturated rings. The maximum Gasteiger partial charge on any atom is 0.416 e. The van der Waals surface area contributed by atoms with Crippen LogP contribution < -0.4 is 0 Å². The van der Waals surface area contributed by atoms with Gasteiger partial charge in [-0.05, 0) is 42.2 Å². The predicted octanol–water partition coefficient (Wildman–Crippen LogP) is 4.86. The minimum absolute atomic E-state index is 0.324. The van der Waals surface area contributed by atoms with Crippen LogP contribution >= 0.6 is 0 Å². The molecule has 1 aliphatic carbocycles. The first kappa shape index (κ1) is 12.5. The van der Waals surface area contributed by atoms with E-state index in [1.165, 1.54) is 12.1 Å². The minimum Gasteiger partial charge on any atom is -0.166 e. The molecule has 0 saturated heterocycles. The summed E-state index contributed by atoms with van der Waals surface area (Å²) in [4.78, 5) is 0. The van der Waals surface area contributed by atoms with Gasteiger partial charge in [0.2, 0.25) is 0 Å². The molecular formula is C14H17F3. The molecule has 3 heteroatoms. The minimum atomic E-state index is -4.22. The van der Waals surface area contributed by atoms with Gasteiger partial charge >= 0.3 is 6.18 Å². The molecule has 0 amide bonds. The highest BCUT2D eigenvalue weighted by atomic mass is 19.4. The highest BCUT2D eigenvalue weighted by molar-refractivity contribution is 5.29. The average molecular weight is 242 g/mol. The second kappa shape index (κ2) is 4.35. The standard InChI is InChI=1S/C14H17F3/c1-9(2)11-6-12(7-11)10-4-3-5-13(8-10)14(15,16)17/h3-5,8-9,11-12H,6-7H2,1-2H3. The van der Waals surface area contributed by atoms with Gasteiger partial charge in [-0.25, -0.2) is 0 Å². The number of hydrogen-bond donors (Lipinski definition) is 0. The molecule has 0 aliphatic heterocycles. The Kier molecular flexibility index (Phi) is 3.19. The van der Waals surface area contributed by atoms with Gasteiger partial charge in [0.15, 0.2) is 0 Å². The van der Waals surface area contributed by atoms with Crippen molar-refractivity contribution in [2.75, 3.05) is 0 Å². The SMILES string of the molecule is CC(C)C1CC(c2cccc(C(F)(F)F)c2)C1. The van der Waals surface area contributed by atoms with Crippen LogP contribution in [0.15, 0.2) is 24.3 Å². The largest absolute Gasteiger partial charge is 0.416 e. The maximum absolute atomic E-state index is 12.6. The zero-order chi connectivity index (χ0) is 12.6. The number of rotatable bonds is 2. The van der Waals surface area contributed by atoms with Crippen LogP contribution in [0.1, 0.15) is 43.7 Å². The normalized spacial score (nSPS) is 24.8. The summed E-state index contributed by atoms with van der Waals surface area (Å²) in [6.45, 7) is 4.35. The van der Waals surface area contributed by atoms with Crippen LogP contribution in [0.25, 0.3) is 0 Å². The highest BCUT2D eigenvalue weighted by Gasteiger charge is 2.34. The van der Waals surface area contributed by atoms with Crippen LogP contribution in [0.5, 0.6) is 0 Å². The van der Waals surface area contributed by atoms with Gasteiger partial charge in [0, 0.05) is 0 Å². The zero-order valence-corrected chi connectivity index (χ0v) is 10.1. The Bertz CT molecular complexity index is 387. The first-order valence-corrected chi connectivity index (χ1v) is 6.05. The summed E-state index contributed by atoms with van der Waals surface area (Å²) >= 11 is 0. The summed E-state index contributed by atoms with van der Waals surface area (Å²) in [5.74, 6) is 1.64. The van der Waals surface area contributed by atoms with Crippen molar-refractivity contribution in [1.29, 1.82) is 0 Å². The summed E-state index contributed by atoms with van der Waals surface area (Å²) in [5.41, 5.74) is 0.319. The van der Waals surface area contributed by atoms with Crippen molar-refractivity contribution in [3.8, 4) is 0 Å². The Hall–Kier alpha value is -0.990. The Morgan fingerprint density at radius 2 is 1.82 bits per heavy atom. The summed E-state index contributed by atoms with van der Waals surface area (Å²) in [6.07, 6.45) is -2.17. The van der Waals surface area contributed by atoms with E-state index in [-0.39, 0.29) is 0 Å². The highest BCUT2D eigenvalue weighted by Crippen LogP contribution is 2.45. The van der Waals surface area contributed by atoms with Gasteiger partial charge in [-0.15, -0.1) is 0 Å². The fourth-order valence-corrected chi connectivity index (χ4v) is 2.45.